The number of hydrogen-bond donors (Lipinski definition) is 3. The predicted octanol–water partition coefficient (Wildman–Crippen LogP) is 0.345. The zero-order valence-electron chi connectivity index (χ0n) is 6.80. The molecule has 0 aliphatic rings. The number of nitrogens with two attached hydrogens (primary N) is 1. The summed E-state index contributed by atoms with van der Waals surface area (Å²) >= 11 is 0. The summed E-state index contributed by atoms with van der Waals surface area (Å²) in [5.74, 6) is -0.308. The van der Waals surface area contributed by atoms with Gasteiger partial charge in [0.15, 0.2) is 5.84 Å². The fourth-order valence-corrected chi connectivity index (χ4v) is 1.55. The van der Waals surface area contributed by atoms with Crippen LogP contribution in [-0.2, 0) is 9.09 Å². The normalized spacial score (nSPS) is 17.3. The fraction of sp³-hybridized carbons (Fsp3) is 0.800. The van der Waals surface area contributed by atoms with Gasteiger partial charge in [-0.3, -0.25) is 4.57 Å². The number of nitrogens with zero attached hydrogens (tertiary/aromatic N) is 1. The van der Waals surface area contributed by atoms with Crippen LogP contribution in [0.2, 0.25) is 0 Å². The molecular weight excluding hydrogens is 183 g/mol. The third-order valence-electron chi connectivity index (χ3n) is 0.987. The van der Waals surface area contributed by atoms with Gasteiger partial charge in [-0.1, -0.05) is 12.1 Å². The van der Waals surface area contributed by atoms with E-state index >= 15 is 0 Å². The summed E-state index contributed by atoms with van der Waals surface area (Å²) in [6.45, 7) is 2.00. The van der Waals surface area contributed by atoms with E-state index in [1.807, 2.05) is 6.92 Å². The first-order valence-corrected chi connectivity index (χ1v) is 5.21. The highest BCUT2D eigenvalue weighted by Crippen LogP contribution is 2.41. The maximum atomic E-state index is 11.0. The van der Waals surface area contributed by atoms with Crippen molar-refractivity contribution in [3.8, 4) is 0 Å². The van der Waals surface area contributed by atoms with Crippen LogP contribution >= 0.6 is 7.60 Å². The molecule has 0 bridgehead atoms. The number of rotatable bonds is 5. The van der Waals surface area contributed by atoms with Crippen molar-refractivity contribution in [2.45, 2.75) is 13.3 Å². The van der Waals surface area contributed by atoms with Crippen LogP contribution in [0.4, 0.5) is 0 Å². The Bertz CT molecular complexity index is 206. The summed E-state index contributed by atoms with van der Waals surface area (Å²) in [5.41, 5.74) is 5.02. The maximum absolute atomic E-state index is 11.0. The second-order valence-electron chi connectivity index (χ2n) is 2.22. The zero-order chi connectivity index (χ0) is 9.61. The first-order chi connectivity index (χ1) is 5.52. The molecule has 6 nitrogen and oxygen atoms in total. The van der Waals surface area contributed by atoms with E-state index in [1.165, 1.54) is 0 Å². The second-order valence-corrected chi connectivity index (χ2v) is 4.07. The first-order valence-electron chi connectivity index (χ1n) is 3.44. The van der Waals surface area contributed by atoms with Crippen molar-refractivity contribution in [3.63, 3.8) is 0 Å². The molecule has 0 spiro atoms. The van der Waals surface area contributed by atoms with Gasteiger partial charge in [-0.05, 0) is 6.42 Å². The van der Waals surface area contributed by atoms with E-state index < -0.39 is 13.8 Å². The van der Waals surface area contributed by atoms with E-state index in [-0.39, 0.29) is 12.4 Å². The molecule has 0 rings (SSSR count). The average Bonchev–Trinajstić information content (AvgIpc) is 2.00. The minimum atomic E-state index is -3.70. The summed E-state index contributed by atoms with van der Waals surface area (Å²) in [6, 6.07) is 0. The molecule has 0 aromatic rings. The molecule has 0 aromatic carbocycles. The van der Waals surface area contributed by atoms with Crippen molar-refractivity contribution in [2.24, 2.45) is 10.9 Å². The predicted molar refractivity (Wildman–Crippen MR) is 44.3 cm³/mol. The van der Waals surface area contributed by atoms with Gasteiger partial charge < -0.3 is 20.4 Å². The molecule has 0 heterocycles. The topological polar surface area (TPSA) is 105 Å². The smallest absolute Gasteiger partial charge is 0.335 e. The number of hydrogen-bond acceptors (Lipinski definition) is 4. The van der Waals surface area contributed by atoms with Gasteiger partial charge in [-0.25, -0.2) is 0 Å². The Morgan fingerprint density at radius 1 is 1.75 bits per heavy atom. The van der Waals surface area contributed by atoms with Crippen molar-refractivity contribution in [1.29, 1.82) is 0 Å². The highest BCUT2D eigenvalue weighted by atomic mass is 31.2. The Morgan fingerprint density at radius 3 is 2.75 bits per heavy atom. The molecule has 0 aromatic heterocycles. The molecule has 12 heavy (non-hydrogen) atoms. The largest absolute Gasteiger partial charge is 0.409 e. The van der Waals surface area contributed by atoms with Gasteiger partial charge in [-0.2, -0.15) is 0 Å². The average molecular weight is 196 g/mol. The summed E-state index contributed by atoms with van der Waals surface area (Å²) in [4.78, 5) is 9.01. The van der Waals surface area contributed by atoms with Crippen molar-refractivity contribution >= 4 is 13.4 Å². The third kappa shape index (κ3) is 5.12. The van der Waals surface area contributed by atoms with Gasteiger partial charge in [0.25, 0.3) is 0 Å². The highest BCUT2D eigenvalue weighted by Gasteiger charge is 2.20. The summed E-state index contributed by atoms with van der Waals surface area (Å²) in [7, 11) is -3.70. The first kappa shape index (κ1) is 11.4. The van der Waals surface area contributed by atoms with E-state index in [0.717, 1.165) is 0 Å². The quantitative estimate of drug-likeness (QED) is 0.193. The monoisotopic (exact) mass is 196 g/mol. The van der Waals surface area contributed by atoms with Gasteiger partial charge in [0, 0.05) is 0 Å². The molecule has 72 valence electrons. The lowest BCUT2D eigenvalue weighted by atomic mass is 10.5. The van der Waals surface area contributed by atoms with Crippen molar-refractivity contribution in [3.05, 3.63) is 0 Å². The van der Waals surface area contributed by atoms with Gasteiger partial charge >= 0.3 is 7.60 Å². The Hall–Kier alpha value is -0.580. The molecule has 0 aliphatic heterocycles. The lowest BCUT2D eigenvalue weighted by Crippen LogP contribution is -2.17. The van der Waals surface area contributed by atoms with E-state index in [4.69, 9.17) is 15.8 Å². The van der Waals surface area contributed by atoms with Crippen LogP contribution in [0.1, 0.15) is 13.3 Å². The lowest BCUT2D eigenvalue weighted by molar-refractivity contribution is 0.262. The molecule has 0 aliphatic carbocycles. The Labute approximate surface area is 70.6 Å². The molecule has 7 heteroatoms. The zero-order valence-corrected chi connectivity index (χ0v) is 7.70. The fourth-order valence-electron chi connectivity index (χ4n) is 0.516. The van der Waals surface area contributed by atoms with E-state index in [0.29, 0.717) is 6.42 Å². The molecule has 0 fully saturated rings. The Balaban J connectivity index is 3.96. The Kier molecular flexibility index (Phi) is 4.89. The Morgan fingerprint density at radius 2 is 2.33 bits per heavy atom. The molecule has 0 amide bonds. The van der Waals surface area contributed by atoms with Crippen LogP contribution < -0.4 is 5.73 Å². The van der Waals surface area contributed by atoms with Gasteiger partial charge in [0.2, 0.25) is 0 Å². The molecule has 0 saturated carbocycles. The van der Waals surface area contributed by atoms with Crippen molar-refractivity contribution in [1.82, 2.24) is 0 Å². The van der Waals surface area contributed by atoms with Gasteiger partial charge in [0.05, 0.1) is 6.61 Å². The van der Waals surface area contributed by atoms with Crippen LogP contribution in [0.25, 0.3) is 0 Å². The van der Waals surface area contributed by atoms with Gasteiger partial charge in [0.1, 0.15) is 6.16 Å². The minimum Gasteiger partial charge on any atom is -0.409 e. The van der Waals surface area contributed by atoms with Crippen LogP contribution in [0.3, 0.4) is 0 Å². The summed E-state index contributed by atoms with van der Waals surface area (Å²) in [5, 5.41) is 10.7. The molecule has 0 radical (unpaired) electrons. The van der Waals surface area contributed by atoms with E-state index in [2.05, 4.69) is 9.68 Å². The number of amidine groups is 1. The third-order valence-corrected chi connectivity index (χ3v) is 2.30. The van der Waals surface area contributed by atoms with Crippen LogP contribution in [0.5, 0.6) is 0 Å². The van der Waals surface area contributed by atoms with Crippen molar-refractivity contribution < 1.29 is 19.2 Å². The molecule has 1 atom stereocenters. The number of oxime groups is 1. The van der Waals surface area contributed by atoms with Crippen LogP contribution in [0.15, 0.2) is 5.16 Å². The molecule has 0 saturated heterocycles. The standard InChI is InChI=1S/C5H13N2O4P/c1-2-3-11-12(9,10)4-5(6)7-8/h8H,2-4H2,1H3,(H2,6,7)(H,9,10). The highest BCUT2D eigenvalue weighted by molar-refractivity contribution is 7.53. The molecule has 1 unspecified atom stereocenters. The summed E-state index contributed by atoms with van der Waals surface area (Å²) in [6.07, 6.45) is 0.199. The van der Waals surface area contributed by atoms with Crippen LogP contribution in [-0.4, -0.2) is 28.7 Å². The second kappa shape index (κ2) is 5.13. The van der Waals surface area contributed by atoms with Crippen molar-refractivity contribution in [2.75, 3.05) is 12.8 Å². The SMILES string of the molecule is CCCOP(=O)(O)CC(N)=NO. The van der Waals surface area contributed by atoms with Gasteiger partial charge in [-0.15, -0.1) is 0 Å². The molecule has 4 N–H and O–H groups in total. The molecular formula is C5H13N2O4P. The van der Waals surface area contributed by atoms with E-state index in [1.54, 1.807) is 0 Å². The summed E-state index contributed by atoms with van der Waals surface area (Å²) < 4.78 is 15.6. The van der Waals surface area contributed by atoms with Crippen LogP contribution in [0, 0.1) is 0 Å². The van der Waals surface area contributed by atoms with E-state index in [9.17, 15) is 4.57 Å². The lowest BCUT2D eigenvalue weighted by Gasteiger charge is -2.09. The minimum absolute atomic E-state index is 0.187. The maximum Gasteiger partial charge on any atom is 0.335 e.